The second-order valence-corrected chi connectivity index (χ2v) is 12.3. The molecule has 1 aliphatic carbocycles. The van der Waals surface area contributed by atoms with Crippen LogP contribution < -0.4 is 20.5 Å². The molecule has 220 valence electrons. The van der Waals surface area contributed by atoms with E-state index in [9.17, 15) is 9.59 Å². The predicted octanol–water partition coefficient (Wildman–Crippen LogP) is 4.05. The van der Waals surface area contributed by atoms with Crippen LogP contribution in [0.15, 0.2) is 53.5 Å². The van der Waals surface area contributed by atoms with Gasteiger partial charge in [0.2, 0.25) is 5.95 Å². The Morgan fingerprint density at radius 1 is 1.07 bits per heavy atom. The number of carbonyl (C=O) groups excluding carboxylic acids is 1. The number of allylic oxidation sites excluding steroid dienone is 2. The summed E-state index contributed by atoms with van der Waals surface area (Å²) in [4.78, 5) is 44.8. The number of pyridine rings is 1. The van der Waals surface area contributed by atoms with Crippen LogP contribution in [-0.2, 0) is 23.3 Å². The first-order chi connectivity index (χ1) is 20.9. The molecule has 0 radical (unpaired) electrons. The van der Waals surface area contributed by atoms with Crippen molar-refractivity contribution in [1.29, 1.82) is 0 Å². The fourth-order valence-electron chi connectivity index (χ4n) is 6.70. The highest BCUT2D eigenvalue weighted by atomic mass is 16.5. The first kappa shape index (κ1) is 26.1. The Balaban J connectivity index is 1.21. The van der Waals surface area contributed by atoms with Crippen molar-refractivity contribution < 1.29 is 9.53 Å². The van der Waals surface area contributed by atoms with Gasteiger partial charge >= 0.3 is 0 Å². The number of benzene rings is 1. The molecule has 1 N–H and O–H groups in total. The molecule has 3 aromatic heterocycles. The molecule has 43 heavy (non-hydrogen) atoms. The van der Waals surface area contributed by atoms with Crippen LogP contribution in [0.25, 0.3) is 16.9 Å². The highest BCUT2D eigenvalue weighted by Crippen LogP contribution is 2.53. The monoisotopic (exact) mass is 578 g/mol. The average molecular weight is 579 g/mol. The molecule has 8 rings (SSSR count). The van der Waals surface area contributed by atoms with E-state index in [0.717, 1.165) is 31.6 Å². The molecule has 1 aromatic carbocycles. The molecule has 0 atom stereocenters. The smallest absolute Gasteiger partial charge is 0.278 e. The van der Waals surface area contributed by atoms with Crippen molar-refractivity contribution in [3.63, 3.8) is 0 Å². The third kappa shape index (κ3) is 4.32. The van der Waals surface area contributed by atoms with E-state index in [0.29, 0.717) is 58.9 Å². The van der Waals surface area contributed by atoms with Crippen molar-refractivity contribution in [1.82, 2.24) is 29.2 Å². The van der Waals surface area contributed by atoms with E-state index in [-0.39, 0.29) is 18.1 Å². The van der Waals surface area contributed by atoms with Gasteiger partial charge in [0.05, 0.1) is 6.54 Å². The second kappa shape index (κ2) is 9.77. The number of anilines is 3. The highest BCUT2D eigenvalue weighted by Gasteiger charge is 2.49. The summed E-state index contributed by atoms with van der Waals surface area (Å²) in [6.07, 6.45) is 9.65. The Bertz CT molecular complexity index is 1870. The molecule has 1 spiro atoms. The van der Waals surface area contributed by atoms with Crippen LogP contribution in [0, 0.1) is 0 Å². The molecule has 6 heterocycles. The van der Waals surface area contributed by atoms with E-state index in [2.05, 4.69) is 47.2 Å². The number of aromatic nitrogens is 5. The molecular weight excluding hydrogens is 544 g/mol. The molecule has 2 bridgehead atoms. The van der Waals surface area contributed by atoms with Crippen molar-refractivity contribution in [3.05, 3.63) is 70.2 Å². The fraction of sp³-hybridized carbons (Fsp3) is 0.406. The summed E-state index contributed by atoms with van der Waals surface area (Å²) in [5.41, 5.74) is 4.26. The maximum atomic E-state index is 13.6. The van der Waals surface area contributed by atoms with Crippen LogP contribution in [-0.4, -0.2) is 60.9 Å². The number of nitrogens with zero attached hydrogens (tertiary/aromatic N) is 7. The summed E-state index contributed by atoms with van der Waals surface area (Å²) in [5.74, 6) is 1.76. The number of ether oxygens (including phenoxy) is 1. The van der Waals surface area contributed by atoms with E-state index in [1.807, 2.05) is 12.2 Å². The van der Waals surface area contributed by atoms with E-state index < -0.39 is 0 Å². The molecule has 4 aliphatic rings. The topological polar surface area (TPSA) is 110 Å². The van der Waals surface area contributed by atoms with Gasteiger partial charge in [0.1, 0.15) is 5.39 Å². The van der Waals surface area contributed by atoms with Crippen LogP contribution in [0.1, 0.15) is 50.7 Å². The molecule has 3 aliphatic heterocycles. The number of nitrogens with one attached hydrogen (secondary N) is 1. The van der Waals surface area contributed by atoms with Gasteiger partial charge in [-0.15, -0.1) is 0 Å². The van der Waals surface area contributed by atoms with Gasteiger partial charge in [0.25, 0.3) is 11.5 Å². The summed E-state index contributed by atoms with van der Waals surface area (Å²) in [5, 5.41) is 3.79. The quantitative estimate of drug-likeness (QED) is 0.363. The lowest BCUT2D eigenvalue weighted by molar-refractivity contribution is -0.121. The number of rotatable bonds is 3. The lowest BCUT2D eigenvalue weighted by Crippen LogP contribution is -2.41. The molecule has 0 saturated heterocycles. The lowest BCUT2D eigenvalue weighted by Gasteiger charge is -2.37. The molecule has 1 amide bonds. The molecule has 1 fully saturated rings. The second-order valence-electron chi connectivity index (χ2n) is 12.3. The molecule has 11 heteroatoms. The normalized spacial score (nSPS) is 19.8. The third-order valence-electron chi connectivity index (χ3n) is 9.22. The van der Waals surface area contributed by atoms with Gasteiger partial charge in [-0.1, -0.05) is 18.2 Å². The summed E-state index contributed by atoms with van der Waals surface area (Å²) in [7, 11) is 0. The summed E-state index contributed by atoms with van der Waals surface area (Å²) in [6.45, 7) is 7.47. The lowest BCUT2D eigenvalue weighted by atomic mass is 9.86. The van der Waals surface area contributed by atoms with Gasteiger partial charge in [-0.3, -0.25) is 19.4 Å². The Labute approximate surface area is 248 Å². The summed E-state index contributed by atoms with van der Waals surface area (Å²) >= 11 is 0. The van der Waals surface area contributed by atoms with Gasteiger partial charge in [0.15, 0.2) is 29.6 Å². The van der Waals surface area contributed by atoms with E-state index in [1.165, 1.54) is 24.0 Å². The summed E-state index contributed by atoms with van der Waals surface area (Å²) < 4.78 is 9.01. The van der Waals surface area contributed by atoms with Crippen molar-refractivity contribution in [3.8, 4) is 11.6 Å². The zero-order valence-corrected chi connectivity index (χ0v) is 24.4. The minimum atomic E-state index is -0.204. The number of fused-ring (bicyclic) bond motifs is 7. The Kier molecular flexibility index (Phi) is 5.94. The predicted molar refractivity (Wildman–Crippen MR) is 163 cm³/mol. The van der Waals surface area contributed by atoms with Crippen molar-refractivity contribution in [2.45, 2.75) is 64.1 Å². The number of carbonyl (C=O) groups is 1. The van der Waals surface area contributed by atoms with Crippen molar-refractivity contribution >= 4 is 34.4 Å². The standard InChI is InChI=1S/C32H34N8O3/c1-20(2)37-17-21-15-22(7-8-24(21)32(19-37)11-12-32)34-31-33-16-23-28(36-31)40-26-10-9-25-29(35-26)38(27(41)18-43-25)13-5-3-4-6-14-39(40)30(23)42/h4,6-10,15-16,20H,3,5,11-14,17-19H2,1-2H3,(H,33,34,36)/b6-4-. The van der Waals surface area contributed by atoms with Crippen LogP contribution >= 0.6 is 0 Å². The van der Waals surface area contributed by atoms with Crippen LogP contribution in [0.4, 0.5) is 17.5 Å². The molecule has 1 saturated carbocycles. The zero-order chi connectivity index (χ0) is 29.3. The molecule has 0 unspecified atom stereocenters. The van der Waals surface area contributed by atoms with Gasteiger partial charge in [-0.05, 0) is 74.9 Å². The van der Waals surface area contributed by atoms with Crippen molar-refractivity contribution in [2.24, 2.45) is 0 Å². The fourth-order valence-corrected chi connectivity index (χ4v) is 6.70. The first-order valence-corrected chi connectivity index (χ1v) is 15.1. The number of hydrogen-bond donors (Lipinski definition) is 1. The SMILES string of the molecule is CC(C)N1Cc2cc(Nc3ncc4c(=O)n5n(c4n3)-c3ccc4c(n3)N(CCC/C=C\C5)C(=O)CO4)ccc2C2(CC2)C1. The maximum absolute atomic E-state index is 13.6. The van der Waals surface area contributed by atoms with Crippen LogP contribution in [0.5, 0.6) is 5.75 Å². The van der Waals surface area contributed by atoms with E-state index in [1.54, 1.807) is 32.6 Å². The molecule has 11 nitrogen and oxygen atoms in total. The first-order valence-electron chi connectivity index (χ1n) is 15.1. The van der Waals surface area contributed by atoms with Crippen LogP contribution in [0.2, 0.25) is 0 Å². The van der Waals surface area contributed by atoms with Crippen molar-refractivity contribution in [2.75, 3.05) is 29.9 Å². The van der Waals surface area contributed by atoms with E-state index >= 15 is 0 Å². The largest absolute Gasteiger partial charge is 0.480 e. The van der Waals surface area contributed by atoms with Crippen LogP contribution in [0.3, 0.4) is 0 Å². The molecule has 4 aromatic rings. The highest BCUT2D eigenvalue weighted by molar-refractivity contribution is 5.96. The van der Waals surface area contributed by atoms with Gasteiger partial charge < -0.3 is 10.1 Å². The Hall–Kier alpha value is -4.51. The van der Waals surface area contributed by atoms with Gasteiger partial charge in [-0.2, -0.15) is 4.98 Å². The minimum Gasteiger partial charge on any atom is -0.480 e. The Morgan fingerprint density at radius 3 is 2.79 bits per heavy atom. The number of amides is 1. The number of hydrogen-bond acceptors (Lipinski definition) is 8. The zero-order valence-electron chi connectivity index (χ0n) is 24.4. The summed E-state index contributed by atoms with van der Waals surface area (Å²) in [6, 6.07) is 10.7. The van der Waals surface area contributed by atoms with E-state index in [4.69, 9.17) is 14.7 Å². The molecular formula is C32H34N8O3. The maximum Gasteiger partial charge on any atom is 0.278 e. The van der Waals surface area contributed by atoms with Gasteiger partial charge in [-0.25, -0.2) is 19.3 Å². The van der Waals surface area contributed by atoms with Gasteiger partial charge in [0, 0.05) is 43.0 Å². The minimum absolute atomic E-state index is 0.0114. The Morgan fingerprint density at radius 2 is 1.95 bits per heavy atom. The average Bonchev–Trinajstić information content (AvgIpc) is 3.71. The third-order valence-corrected chi connectivity index (χ3v) is 9.22.